The zero-order valence-electron chi connectivity index (χ0n) is 35.6. The molecule has 0 aliphatic carbocycles. The summed E-state index contributed by atoms with van der Waals surface area (Å²) in [5, 5.41) is 20.7. The van der Waals surface area contributed by atoms with E-state index in [2.05, 4.69) is 16.0 Å². The van der Waals surface area contributed by atoms with Crippen molar-refractivity contribution in [2.24, 2.45) is 11.8 Å². The van der Waals surface area contributed by atoms with Gasteiger partial charge in [-0.2, -0.15) is 0 Å². The van der Waals surface area contributed by atoms with Gasteiger partial charge in [0.2, 0.25) is 23.5 Å². The van der Waals surface area contributed by atoms with Crippen LogP contribution in [0.2, 0.25) is 0 Å². The van der Waals surface area contributed by atoms with Gasteiger partial charge in [0.1, 0.15) is 17.7 Å². The van der Waals surface area contributed by atoms with Gasteiger partial charge in [-0.1, -0.05) is 74.5 Å². The molecule has 0 bridgehead atoms. The molecule has 4 rings (SSSR count). The first-order valence-corrected chi connectivity index (χ1v) is 20.1. The van der Waals surface area contributed by atoms with Gasteiger partial charge in [0.25, 0.3) is 0 Å². The van der Waals surface area contributed by atoms with Crippen LogP contribution in [0.3, 0.4) is 0 Å². The van der Waals surface area contributed by atoms with Gasteiger partial charge in [-0.15, -0.1) is 0 Å². The number of carbonyl (C=O) groups excluding carboxylic acids is 4. The van der Waals surface area contributed by atoms with E-state index in [9.17, 15) is 24.3 Å². The lowest BCUT2D eigenvalue weighted by molar-refractivity contribution is -0.141. The van der Waals surface area contributed by atoms with E-state index < -0.39 is 53.7 Å². The molecular formula is C45H62N4O10. The molecule has 1 aliphatic heterocycles. The fourth-order valence-corrected chi connectivity index (χ4v) is 7.01. The van der Waals surface area contributed by atoms with Crippen molar-refractivity contribution in [3.05, 3.63) is 89.5 Å². The Bertz CT molecular complexity index is 1790. The van der Waals surface area contributed by atoms with Crippen molar-refractivity contribution >= 4 is 23.8 Å². The van der Waals surface area contributed by atoms with Gasteiger partial charge in [0.05, 0.1) is 46.7 Å². The van der Waals surface area contributed by atoms with Crippen molar-refractivity contribution in [3.63, 3.8) is 0 Å². The minimum absolute atomic E-state index is 0.0860. The minimum atomic E-state index is -1.24. The topological polar surface area (TPSA) is 174 Å². The van der Waals surface area contributed by atoms with E-state index in [1.807, 2.05) is 74.5 Å². The third-order valence-corrected chi connectivity index (χ3v) is 10.0. The number of ether oxygens (including phenoxy) is 5. The van der Waals surface area contributed by atoms with E-state index in [4.69, 9.17) is 23.7 Å². The van der Waals surface area contributed by atoms with Crippen LogP contribution in [-0.4, -0.2) is 111 Å². The van der Waals surface area contributed by atoms with Gasteiger partial charge in [0.15, 0.2) is 11.5 Å². The summed E-state index contributed by atoms with van der Waals surface area (Å²) in [6.07, 6.45) is -1.48. The average molecular weight is 819 g/mol. The highest BCUT2D eigenvalue weighted by molar-refractivity contribution is 5.93. The molecular weight excluding hydrogens is 757 g/mol. The van der Waals surface area contributed by atoms with Gasteiger partial charge >= 0.3 is 6.09 Å². The van der Waals surface area contributed by atoms with E-state index >= 15 is 0 Å². The lowest BCUT2D eigenvalue weighted by Gasteiger charge is -2.32. The Morgan fingerprint density at radius 2 is 1.31 bits per heavy atom. The number of hydrogen-bond donors (Lipinski definition) is 4. The number of nitrogens with zero attached hydrogens (tertiary/aromatic N) is 1. The second kappa shape index (κ2) is 22.1. The Kier molecular flexibility index (Phi) is 17.4. The van der Waals surface area contributed by atoms with Crippen LogP contribution < -0.4 is 30.2 Å². The molecule has 0 saturated carbocycles. The first kappa shape index (κ1) is 46.4. The third-order valence-electron chi connectivity index (χ3n) is 10.0. The summed E-state index contributed by atoms with van der Waals surface area (Å²) in [6.45, 7) is 10.5. The van der Waals surface area contributed by atoms with Gasteiger partial charge in [-0.25, -0.2) is 4.79 Å². The molecule has 0 aromatic heterocycles. The van der Waals surface area contributed by atoms with Crippen molar-refractivity contribution in [1.29, 1.82) is 0 Å². The van der Waals surface area contributed by atoms with Crippen molar-refractivity contribution in [2.75, 3.05) is 47.6 Å². The largest absolute Gasteiger partial charge is 0.493 e. The van der Waals surface area contributed by atoms with Crippen molar-refractivity contribution in [3.8, 4) is 17.2 Å². The molecule has 14 nitrogen and oxygen atoms in total. The summed E-state index contributed by atoms with van der Waals surface area (Å²) in [5.41, 5.74) is 1.57. The summed E-state index contributed by atoms with van der Waals surface area (Å²) in [5.74, 6) is -1.45. The molecule has 4 N–H and O–H groups in total. The molecule has 14 heteroatoms. The maximum atomic E-state index is 14.6. The van der Waals surface area contributed by atoms with Crippen molar-refractivity contribution in [1.82, 2.24) is 20.9 Å². The number of hydrogen-bond acceptors (Lipinski definition) is 10. The lowest BCUT2D eigenvalue weighted by atomic mass is 9.88. The van der Waals surface area contributed by atoms with Crippen LogP contribution in [0.4, 0.5) is 4.79 Å². The number of methoxy groups -OCH3 is 3. The first-order valence-electron chi connectivity index (χ1n) is 20.1. The monoisotopic (exact) mass is 818 g/mol. The van der Waals surface area contributed by atoms with E-state index in [1.54, 1.807) is 37.8 Å². The SMILES string of the molecule is COc1cc(C[C@H](C[C@H](O)[C@H](Cc2ccccc2)NC(=O)OC(C)(C)C)C(=O)N[C@H](C(=O)N[C@@H](Cc2ccccc2)C(=O)N2CCOCC2)C(C)C)cc(OC)c1OC. The zero-order chi connectivity index (χ0) is 43.1. The van der Waals surface area contributed by atoms with E-state index in [-0.39, 0.29) is 37.5 Å². The van der Waals surface area contributed by atoms with E-state index in [1.165, 1.54) is 21.3 Å². The summed E-state index contributed by atoms with van der Waals surface area (Å²) in [6, 6.07) is 19.5. The van der Waals surface area contributed by atoms with Gasteiger partial charge in [0, 0.05) is 25.4 Å². The number of aliphatic hydroxyl groups is 1. The molecule has 3 aromatic rings. The highest BCUT2D eigenvalue weighted by atomic mass is 16.6. The number of rotatable bonds is 19. The smallest absolute Gasteiger partial charge is 0.407 e. The summed E-state index contributed by atoms with van der Waals surface area (Å²) in [7, 11) is 4.48. The predicted molar refractivity (Wildman–Crippen MR) is 223 cm³/mol. The second-order valence-electron chi connectivity index (χ2n) is 16.1. The molecule has 0 radical (unpaired) electrons. The number of amides is 4. The second-order valence-corrected chi connectivity index (χ2v) is 16.1. The summed E-state index contributed by atoms with van der Waals surface area (Å²) >= 11 is 0. The van der Waals surface area contributed by atoms with Gasteiger partial charge in [-0.05, 0) is 74.8 Å². The lowest BCUT2D eigenvalue weighted by Crippen LogP contribution is -2.58. The Hall–Kier alpha value is -5.34. The average Bonchev–Trinajstić information content (AvgIpc) is 3.21. The third kappa shape index (κ3) is 14.2. The van der Waals surface area contributed by atoms with Crippen LogP contribution in [0.15, 0.2) is 72.8 Å². The number of alkyl carbamates (subject to hydrolysis) is 1. The van der Waals surface area contributed by atoms with Crippen LogP contribution in [-0.2, 0) is 43.1 Å². The Morgan fingerprint density at radius 3 is 1.81 bits per heavy atom. The predicted octanol–water partition coefficient (Wildman–Crippen LogP) is 4.49. The molecule has 1 heterocycles. The number of aliphatic hydroxyl groups excluding tert-OH is 1. The van der Waals surface area contributed by atoms with E-state index in [0.29, 0.717) is 49.1 Å². The minimum Gasteiger partial charge on any atom is -0.493 e. The number of benzene rings is 3. The molecule has 1 saturated heterocycles. The molecule has 0 unspecified atom stereocenters. The zero-order valence-corrected chi connectivity index (χ0v) is 35.6. The van der Waals surface area contributed by atoms with Gasteiger partial charge < -0.3 is 49.6 Å². The number of carbonyl (C=O) groups is 4. The van der Waals surface area contributed by atoms with Crippen LogP contribution in [0.5, 0.6) is 17.2 Å². The molecule has 1 aliphatic rings. The van der Waals surface area contributed by atoms with Crippen LogP contribution in [0, 0.1) is 11.8 Å². The molecule has 1 fully saturated rings. The maximum Gasteiger partial charge on any atom is 0.407 e. The quantitative estimate of drug-likeness (QED) is 0.135. The maximum absolute atomic E-state index is 14.6. The normalized spacial score (nSPS) is 15.5. The highest BCUT2D eigenvalue weighted by Crippen LogP contribution is 2.39. The van der Waals surface area contributed by atoms with E-state index in [0.717, 1.165) is 11.1 Å². The molecule has 0 spiro atoms. The first-order chi connectivity index (χ1) is 28.1. The number of morpholine rings is 1. The molecule has 4 amide bonds. The highest BCUT2D eigenvalue weighted by Gasteiger charge is 2.35. The molecule has 322 valence electrons. The number of nitrogens with one attached hydrogen (secondary N) is 3. The fraction of sp³-hybridized carbons (Fsp3) is 0.511. The Labute approximate surface area is 348 Å². The molecule has 5 atom stereocenters. The van der Waals surface area contributed by atoms with Crippen molar-refractivity contribution in [2.45, 2.75) is 90.1 Å². The summed E-state index contributed by atoms with van der Waals surface area (Å²) < 4.78 is 27.7. The summed E-state index contributed by atoms with van der Waals surface area (Å²) in [4.78, 5) is 57.4. The standard InChI is InChI=1S/C45H62N4O10/c1-29(2)39(42(52)46-35(25-31-17-13-10-14-18-31)43(53)49-19-21-58-22-20-49)48-41(51)33(23-32-26-37(55-6)40(57-8)38(27-32)56-7)28-36(50)34(24-30-15-11-9-12-16-30)47-44(54)59-45(3,4)5/h9-18,26-27,29,33-36,39,50H,19-25,28H2,1-8H3,(H,46,52)(H,47,54)(H,48,51)/t33-,34+,35+,36+,39+/m1/s1. The van der Waals surface area contributed by atoms with Crippen LogP contribution >= 0.6 is 0 Å². The van der Waals surface area contributed by atoms with Crippen molar-refractivity contribution < 1.29 is 48.0 Å². The Morgan fingerprint density at radius 1 is 0.746 bits per heavy atom. The Balaban J connectivity index is 1.66. The fourth-order valence-electron chi connectivity index (χ4n) is 7.01. The van der Waals surface area contributed by atoms with Crippen LogP contribution in [0.25, 0.3) is 0 Å². The molecule has 3 aromatic carbocycles. The molecule has 59 heavy (non-hydrogen) atoms. The van der Waals surface area contributed by atoms with Crippen LogP contribution in [0.1, 0.15) is 57.7 Å². The van der Waals surface area contributed by atoms with Gasteiger partial charge in [-0.3, -0.25) is 14.4 Å².